The Labute approximate surface area is 215 Å². The monoisotopic (exact) mass is 503 g/mol. The maximum Gasteiger partial charge on any atom is 0.343 e. The Hall–Kier alpha value is -4.43. The number of rotatable bonds is 14. The number of carbonyl (C=O) groups is 2. The lowest BCUT2D eigenvalue weighted by Gasteiger charge is -2.08. The van der Waals surface area contributed by atoms with E-state index in [0.717, 1.165) is 17.4 Å². The molecule has 0 fully saturated rings. The Kier molecular flexibility index (Phi) is 10.9. The first-order valence-corrected chi connectivity index (χ1v) is 11.8. The second-order valence-corrected chi connectivity index (χ2v) is 7.73. The standard InChI is InChI=1S/C29H29NO7/c1-2-28(32)36-20-4-19-35-26-13-7-23(8-14-26)29(33)37-27-15-9-24(10-16-27)30-21-22-5-11-25(12-6-22)34-18-3-17-31/h2,5-16,21,31H,1,3-4,17-20H2/b30-21+. The van der Waals surface area contributed by atoms with Crippen molar-refractivity contribution in [3.05, 3.63) is 96.6 Å². The van der Waals surface area contributed by atoms with Crippen LogP contribution in [0.5, 0.6) is 17.2 Å². The third-order valence-corrected chi connectivity index (χ3v) is 4.92. The number of hydrogen-bond donors (Lipinski definition) is 1. The predicted molar refractivity (Wildman–Crippen MR) is 140 cm³/mol. The van der Waals surface area contributed by atoms with E-state index in [1.165, 1.54) is 0 Å². The maximum atomic E-state index is 12.5. The third kappa shape index (κ3) is 9.62. The molecule has 0 aliphatic rings. The Bertz CT molecular complexity index is 1170. The highest BCUT2D eigenvalue weighted by atomic mass is 16.5. The van der Waals surface area contributed by atoms with Crippen LogP contribution in [0.25, 0.3) is 0 Å². The Morgan fingerprint density at radius 2 is 1.38 bits per heavy atom. The van der Waals surface area contributed by atoms with E-state index >= 15 is 0 Å². The van der Waals surface area contributed by atoms with E-state index in [1.54, 1.807) is 54.7 Å². The minimum absolute atomic E-state index is 0.103. The second-order valence-electron chi connectivity index (χ2n) is 7.73. The van der Waals surface area contributed by atoms with E-state index in [-0.39, 0.29) is 13.2 Å². The van der Waals surface area contributed by atoms with Crippen molar-refractivity contribution in [2.24, 2.45) is 4.99 Å². The zero-order valence-corrected chi connectivity index (χ0v) is 20.4. The molecule has 0 aromatic heterocycles. The molecule has 0 atom stereocenters. The van der Waals surface area contributed by atoms with Crippen LogP contribution in [0.4, 0.5) is 5.69 Å². The molecule has 3 aromatic rings. The minimum Gasteiger partial charge on any atom is -0.494 e. The summed E-state index contributed by atoms with van der Waals surface area (Å²) in [6.07, 6.45) is 3.98. The molecule has 192 valence electrons. The summed E-state index contributed by atoms with van der Waals surface area (Å²) >= 11 is 0. The fourth-order valence-corrected chi connectivity index (χ4v) is 2.99. The van der Waals surface area contributed by atoms with Gasteiger partial charge < -0.3 is 24.1 Å². The van der Waals surface area contributed by atoms with Crippen molar-refractivity contribution in [1.82, 2.24) is 0 Å². The largest absolute Gasteiger partial charge is 0.494 e. The molecule has 37 heavy (non-hydrogen) atoms. The van der Waals surface area contributed by atoms with Gasteiger partial charge in [0.05, 0.1) is 31.1 Å². The third-order valence-electron chi connectivity index (χ3n) is 4.92. The molecule has 0 aliphatic carbocycles. The normalized spacial score (nSPS) is 10.6. The number of carbonyl (C=O) groups excluding carboxylic acids is 2. The van der Waals surface area contributed by atoms with Gasteiger partial charge in [-0.1, -0.05) is 6.58 Å². The van der Waals surface area contributed by atoms with Crippen molar-refractivity contribution in [2.45, 2.75) is 12.8 Å². The van der Waals surface area contributed by atoms with Gasteiger partial charge >= 0.3 is 11.9 Å². The highest BCUT2D eigenvalue weighted by Crippen LogP contribution is 2.20. The number of esters is 2. The summed E-state index contributed by atoms with van der Waals surface area (Å²) in [6.45, 7) is 4.52. The fraction of sp³-hybridized carbons (Fsp3) is 0.207. The molecule has 0 aliphatic heterocycles. The van der Waals surface area contributed by atoms with Crippen molar-refractivity contribution in [1.29, 1.82) is 0 Å². The van der Waals surface area contributed by atoms with E-state index in [9.17, 15) is 9.59 Å². The van der Waals surface area contributed by atoms with Gasteiger partial charge in [-0.3, -0.25) is 4.99 Å². The van der Waals surface area contributed by atoms with E-state index < -0.39 is 11.9 Å². The molecule has 0 spiro atoms. The van der Waals surface area contributed by atoms with Crippen molar-refractivity contribution in [3.63, 3.8) is 0 Å². The summed E-state index contributed by atoms with van der Waals surface area (Å²) in [4.78, 5) is 27.9. The lowest BCUT2D eigenvalue weighted by atomic mass is 10.2. The molecule has 0 saturated carbocycles. The van der Waals surface area contributed by atoms with Crippen LogP contribution in [-0.4, -0.2) is 49.7 Å². The molecule has 0 amide bonds. The van der Waals surface area contributed by atoms with Crippen LogP contribution in [0.3, 0.4) is 0 Å². The predicted octanol–water partition coefficient (Wildman–Crippen LogP) is 4.92. The molecule has 0 saturated heterocycles. The van der Waals surface area contributed by atoms with Crippen LogP contribution in [0.15, 0.2) is 90.4 Å². The van der Waals surface area contributed by atoms with Gasteiger partial charge in [-0.2, -0.15) is 0 Å². The van der Waals surface area contributed by atoms with Crippen LogP contribution in [-0.2, 0) is 9.53 Å². The molecule has 8 nitrogen and oxygen atoms in total. The molecule has 3 rings (SSSR count). The molecule has 8 heteroatoms. The summed E-state index contributed by atoms with van der Waals surface area (Å²) in [6, 6.07) is 21.0. The maximum absolute atomic E-state index is 12.5. The van der Waals surface area contributed by atoms with Crippen LogP contribution < -0.4 is 14.2 Å². The van der Waals surface area contributed by atoms with Crippen LogP contribution in [0.1, 0.15) is 28.8 Å². The van der Waals surface area contributed by atoms with Gasteiger partial charge in [-0.25, -0.2) is 9.59 Å². The second kappa shape index (κ2) is 14.9. The molecule has 1 N–H and O–H groups in total. The molecular weight excluding hydrogens is 474 g/mol. The number of aliphatic hydroxyl groups excluding tert-OH is 1. The molecular formula is C29H29NO7. The summed E-state index contributed by atoms with van der Waals surface area (Å²) < 4.78 is 21.4. The molecule has 0 radical (unpaired) electrons. The van der Waals surface area contributed by atoms with Crippen molar-refractivity contribution >= 4 is 23.8 Å². The van der Waals surface area contributed by atoms with Gasteiger partial charge in [-0.15, -0.1) is 0 Å². The average Bonchev–Trinajstić information content (AvgIpc) is 2.93. The number of aliphatic hydroxyl groups is 1. The van der Waals surface area contributed by atoms with Gasteiger partial charge in [0.25, 0.3) is 0 Å². The first-order chi connectivity index (χ1) is 18.1. The van der Waals surface area contributed by atoms with E-state index in [0.29, 0.717) is 48.8 Å². The summed E-state index contributed by atoms with van der Waals surface area (Å²) in [5.74, 6) is 0.789. The van der Waals surface area contributed by atoms with E-state index in [1.807, 2.05) is 24.3 Å². The SMILES string of the molecule is C=CC(=O)OCCCOc1ccc(C(=O)Oc2ccc(/N=C/c3ccc(OCCCO)cc3)cc2)cc1. The van der Waals surface area contributed by atoms with Gasteiger partial charge in [0.2, 0.25) is 0 Å². The van der Waals surface area contributed by atoms with Crippen LogP contribution >= 0.6 is 0 Å². The van der Waals surface area contributed by atoms with Gasteiger partial charge in [0.15, 0.2) is 0 Å². The topological polar surface area (TPSA) is 104 Å². The first kappa shape index (κ1) is 27.2. The van der Waals surface area contributed by atoms with Crippen molar-refractivity contribution in [2.75, 3.05) is 26.4 Å². The first-order valence-electron chi connectivity index (χ1n) is 11.8. The van der Waals surface area contributed by atoms with Crippen LogP contribution in [0, 0.1) is 0 Å². The highest BCUT2D eigenvalue weighted by molar-refractivity contribution is 5.91. The van der Waals surface area contributed by atoms with Crippen LogP contribution in [0.2, 0.25) is 0 Å². The summed E-state index contributed by atoms with van der Waals surface area (Å²) in [5.41, 5.74) is 2.01. The lowest BCUT2D eigenvalue weighted by Crippen LogP contribution is -2.09. The Morgan fingerprint density at radius 3 is 2.00 bits per heavy atom. The minimum atomic E-state index is -0.486. The highest BCUT2D eigenvalue weighted by Gasteiger charge is 2.09. The molecule has 0 unspecified atom stereocenters. The average molecular weight is 504 g/mol. The molecule has 3 aromatic carbocycles. The lowest BCUT2D eigenvalue weighted by molar-refractivity contribution is -0.137. The number of hydrogen-bond acceptors (Lipinski definition) is 8. The summed E-state index contributed by atoms with van der Waals surface area (Å²) in [7, 11) is 0. The fourth-order valence-electron chi connectivity index (χ4n) is 2.99. The number of ether oxygens (including phenoxy) is 4. The number of benzene rings is 3. The quantitative estimate of drug-likeness (QED) is 0.110. The summed E-state index contributed by atoms with van der Waals surface area (Å²) in [5, 5.41) is 8.80. The van der Waals surface area contributed by atoms with Gasteiger partial charge in [0, 0.05) is 31.7 Å². The Morgan fingerprint density at radius 1 is 0.784 bits per heavy atom. The van der Waals surface area contributed by atoms with E-state index in [2.05, 4.69) is 11.6 Å². The van der Waals surface area contributed by atoms with Crippen molar-refractivity contribution < 1.29 is 33.6 Å². The van der Waals surface area contributed by atoms with Gasteiger partial charge in [-0.05, 0) is 78.4 Å². The smallest absolute Gasteiger partial charge is 0.343 e. The number of aliphatic imine (C=N–C) groups is 1. The molecule has 0 bridgehead atoms. The zero-order valence-electron chi connectivity index (χ0n) is 20.4. The number of nitrogens with zero attached hydrogens (tertiary/aromatic N) is 1. The van der Waals surface area contributed by atoms with Crippen molar-refractivity contribution in [3.8, 4) is 17.2 Å². The zero-order chi connectivity index (χ0) is 26.3. The van der Waals surface area contributed by atoms with E-state index in [4.69, 9.17) is 24.1 Å². The Balaban J connectivity index is 1.44. The molecule has 0 heterocycles. The van der Waals surface area contributed by atoms with Gasteiger partial charge in [0.1, 0.15) is 17.2 Å².